The molecule has 8 heteroatoms. The number of benzene rings is 1. The zero-order valence-corrected chi connectivity index (χ0v) is 21.1. The van der Waals surface area contributed by atoms with Crippen molar-refractivity contribution < 1.29 is 18.7 Å². The normalized spacial score (nSPS) is 15.8. The number of rotatable bonds is 9. The van der Waals surface area contributed by atoms with Gasteiger partial charge in [0.25, 0.3) is 5.91 Å². The average Bonchev–Trinajstić information content (AvgIpc) is 3.55. The molecular weight excluding hydrogens is 450 g/mol. The van der Waals surface area contributed by atoms with Crippen LogP contribution in [-0.2, 0) is 6.42 Å². The molecule has 0 bridgehead atoms. The summed E-state index contributed by atoms with van der Waals surface area (Å²) >= 11 is 1.63. The van der Waals surface area contributed by atoms with Crippen molar-refractivity contribution in [2.75, 3.05) is 52.3 Å². The van der Waals surface area contributed by atoms with Gasteiger partial charge in [-0.15, -0.1) is 11.3 Å². The number of ether oxygens (including phenoxy) is 2. The van der Waals surface area contributed by atoms with Gasteiger partial charge in [0.15, 0.2) is 17.3 Å². The summed E-state index contributed by atoms with van der Waals surface area (Å²) in [6, 6.07) is 11.7. The fourth-order valence-corrected chi connectivity index (χ4v) is 5.48. The fraction of sp³-hybridized carbons (Fsp3) is 0.423. The third-order valence-electron chi connectivity index (χ3n) is 6.37. The highest BCUT2D eigenvalue weighted by molar-refractivity contribution is 7.16. The first-order valence-corrected chi connectivity index (χ1v) is 12.5. The van der Waals surface area contributed by atoms with Crippen LogP contribution in [0.1, 0.15) is 46.4 Å². The second-order valence-electron chi connectivity index (χ2n) is 8.27. The number of nitrogens with zero attached hydrogens (tertiary/aromatic N) is 2. The van der Waals surface area contributed by atoms with Gasteiger partial charge < -0.3 is 24.1 Å². The van der Waals surface area contributed by atoms with Crippen LogP contribution < -0.4 is 14.8 Å². The number of carbonyl (C=O) groups excluding carboxylic acids is 1. The van der Waals surface area contributed by atoms with Gasteiger partial charge in [0, 0.05) is 36.6 Å². The minimum absolute atomic E-state index is 0.0257. The molecule has 34 heavy (non-hydrogen) atoms. The lowest BCUT2D eigenvalue weighted by atomic mass is 9.96. The Labute approximate surface area is 205 Å². The molecule has 1 saturated heterocycles. The Bertz CT molecular complexity index is 1090. The SMILES string of the molecule is CCc1cc([C@@H](c2ccc(OC)c(OC)c2)N2CCN(CC)CC2)c(NC(=O)c2ccco2)s1. The summed E-state index contributed by atoms with van der Waals surface area (Å²) in [7, 11) is 3.30. The Morgan fingerprint density at radius 2 is 1.85 bits per heavy atom. The van der Waals surface area contributed by atoms with Gasteiger partial charge in [-0.25, -0.2) is 0 Å². The molecule has 4 rings (SSSR count). The molecule has 1 aromatic carbocycles. The summed E-state index contributed by atoms with van der Waals surface area (Å²) < 4.78 is 16.4. The van der Waals surface area contributed by atoms with Crippen LogP contribution in [0.25, 0.3) is 0 Å². The fourth-order valence-electron chi connectivity index (χ4n) is 4.45. The molecule has 0 spiro atoms. The molecular formula is C26H33N3O4S. The van der Waals surface area contributed by atoms with E-state index in [0.717, 1.165) is 55.3 Å². The molecule has 1 fully saturated rings. The zero-order valence-electron chi connectivity index (χ0n) is 20.3. The van der Waals surface area contributed by atoms with E-state index in [1.165, 1.54) is 11.1 Å². The van der Waals surface area contributed by atoms with E-state index in [4.69, 9.17) is 13.9 Å². The molecule has 1 aliphatic heterocycles. The van der Waals surface area contributed by atoms with Gasteiger partial charge in [-0.05, 0) is 48.9 Å². The Morgan fingerprint density at radius 3 is 2.47 bits per heavy atom. The van der Waals surface area contributed by atoms with Crippen molar-refractivity contribution in [2.45, 2.75) is 26.3 Å². The van der Waals surface area contributed by atoms with Crippen LogP contribution >= 0.6 is 11.3 Å². The molecule has 1 N–H and O–H groups in total. The summed E-state index contributed by atoms with van der Waals surface area (Å²) in [6.07, 6.45) is 2.41. The summed E-state index contributed by atoms with van der Waals surface area (Å²) in [5.41, 5.74) is 2.20. The molecule has 182 valence electrons. The summed E-state index contributed by atoms with van der Waals surface area (Å²) in [5, 5.41) is 3.98. The maximum atomic E-state index is 12.9. The van der Waals surface area contributed by atoms with Crippen molar-refractivity contribution in [3.05, 3.63) is 64.4 Å². The minimum atomic E-state index is -0.238. The number of thiophene rings is 1. The Kier molecular flexibility index (Phi) is 7.92. The standard InChI is InChI=1S/C26H33N3O4S/c1-5-19-17-20(26(34-19)27-25(30)22-8-7-15-33-22)24(29-13-11-28(6-2)12-14-29)18-9-10-21(31-3)23(16-18)32-4/h7-10,15-17,24H,5-6,11-14H2,1-4H3,(H,27,30)/t24-/m1/s1. The number of hydrogen-bond acceptors (Lipinski definition) is 7. The van der Waals surface area contributed by atoms with Gasteiger partial charge in [0.2, 0.25) is 0 Å². The Hall–Kier alpha value is -2.81. The molecule has 0 saturated carbocycles. The molecule has 0 unspecified atom stereocenters. The highest BCUT2D eigenvalue weighted by Crippen LogP contribution is 2.42. The molecule has 1 atom stereocenters. The largest absolute Gasteiger partial charge is 0.493 e. The van der Waals surface area contributed by atoms with Crippen molar-refractivity contribution in [2.24, 2.45) is 0 Å². The number of piperazine rings is 1. The number of likely N-dealkylation sites (N-methyl/N-ethyl adjacent to an activating group) is 1. The highest BCUT2D eigenvalue weighted by Gasteiger charge is 2.30. The van der Waals surface area contributed by atoms with Gasteiger partial charge in [0.1, 0.15) is 5.00 Å². The molecule has 1 amide bonds. The average molecular weight is 484 g/mol. The van der Waals surface area contributed by atoms with E-state index < -0.39 is 0 Å². The first kappa shape index (κ1) is 24.3. The van der Waals surface area contributed by atoms with Gasteiger partial charge >= 0.3 is 0 Å². The number of nitrogens with one attached hydrogen (secondary N) is 1. The van der Waals surface area contributed by atoms with Crippen molar-refractivity contribution in [3.8, 4) is 11.5 Å². The number of carbonyl (C=O) groups is 1. The summed E-state index contributed by atoms with van der Waals surface area (Å²) in [5.74, 6) is 1.46. The van der Waals surface area contributed by atoms with E-state index in [2.05, 4.69) is 47.2 Å². The molecule has 0 radical (unpaired) electrons. The third-order valence-corrected chi connectivity index (χ3v) is 7.58. The first-order chi connectivity index (χ1) is 16.6. The van der Waals surface area contributed by atoms with E-state index in [1.807, 2.05) is 6.07 Å². The highest BCUT2D eigenvalue weighted by atomic mass is 32.1. The van der Waals surface area contributed by atoms with Crippen LogP contribution in [0, 0.1) is 0 Å². The van der Waals surface area contributed by atoms with Gasteiger partial charge in [-0.1, -0.05) is 19.9 Å². The molecule has 3 aromatic rings. The Balaban J connectivity index is 1.76. The van der Waals surface area contributed by atoms with Crippen LogP contribution in [0.2, 0.25) is 0 Å². The zero-order chi connectivity index (χ0) is 24.1. The van der Waals surface area contributed by atoms with Crippen LogP contribution in [-0.4, -0.2) is 62.7 Å². The van der Waals surface area contributed by atoms with Crippen molar-refractivity contribution in [1.29, 1.82) is 0 Å². The summed E-state index contributed by atoms with van der Waals surface area (Å²) in [4.78, 5) is 19.1. The van der Waals surface area contributed by atoms with Crippen LogP contribution in [0.15, 0.2) is 47.1 Å². The van der Waals surface area contributed by atoms with E-state index in [0.29, 0.717) is 17.3 Å². The minimum Gasteiger partial charge on any atom is -0.493 e. The summed E-state index contributed by atoms with van der Waals surface area (Å²) in [6.45, 7) is 9.30. The van der Waals surface area contributed by atoms with Crippen LogP contribution in [0.4, 0.5) is 5.00 Å². The van der Waals surface area contributed by atoms with E-state index in [-0.39, 0.29) is 11.9 Å². The predicted octanol–water partition coefficient (Wildman–Crippen LogP) is 4.90. The topological polar surface area (TPSA) is 67.2 Å². The van der Waals surface area contributed by atoms with E-state index in [1.54, 1.807) is 37.7 Å². The molecule has 1 aliphatic rings. The predicted molar refractivity (Wildman–Crippen MR) is 135 cm³/mol. The lowest BCUT2D eigenvalue weighted by Gasteiger charge is -2.39. The van der Waals surface area contributed by atoms with E-state index in [9.17, 15) is 4.79 Å². The smallest absolute Gasteiger partial charge is 0.291 e. The van der Waals surface area contributed by atoms with Gasteiger partial charge in [-0.3, -0.25) is 9.69 Å². The van der Waals surface area contributed by atoms with Crippen LogP contribution in [0.5, 0.6) is 11.5 Å². The maximum absolute atomic E-state index is 12.9. The number of aryl methyl sites for hydroxylation is 1. The second kappa shape index (κ2) is 11.1. The van der Waals surface area contributed by atoms with Crippen molar-refractivity contribution in [1.82, 2.24) is 9.80 Å². The number of anilines is 1. The number of furan rings is 1. The van der Waals surface area contributed by atoms with Crippen molar-refractivity contribution >= 4 is 22.2 Å². The second-order valence-corrected chi connectivity index (χ2v) is 9.41. The van der Waals surface area contributed by atoms with Crippen LogP contribution in [0.3, 0.4) is 0 Å². The molecule has 0 aliphatic carbocycles. The third kappa shape index (κ3) is 5.14. The van der Waals surface area contributed by atoms with Crippen molar-refractivity contribution in [3.63, 3.8) is 0 Å². The first-order valence-electron chi connectivity index (χ1n) is 11.7. The van der Waals surface area contributed by atoms with E-state index >= 15 is 0 Å². The maximum Gasteiger partial charge on any atom is 0.291 e. The monoisotopic (exact) mass is 483 g/mol. The quantitative estimate of drug-likeness (QED) is 0.467. The van der Waals surface area contributed by atoms with Gasteiger partial charge in [0.05, 0.1) is 26.5 Å². The number of methoxy groups -OCH3 is 2. The molecule has 2 aromatic heterocycles. The molecule has 7 nitrogen and oxygen atoms in total. The van der Waals surface area contributed by atoms with Gasteiger partial charge in [-0.2, -0.15) is 0 Å². The molecule has 3 heterocycles. The lowest BCUT2D eigenvalue weighted by Crippen LogP contribution is -2.47. The lowest BCUT2D eigenvalue weighted by molar-refractivity contribution is 0.0995. The Morgan fingerprint density at radius 1 is 1.09 bits per heavy atom. The number of amides is 1. The number of hydrogen-bond donors (Lipinski definition) is 1.